The van der Waals surface area contributed by atoms with Crippen LogP contribution < -0.4 is 18.9 Å². The van der Waals surface area contributed by atoms with Crippen LogP contribution >= 0.6 is 0 Å². The zero-order valence-corrected chi connectivity index (χ0v) is 26.1. The third kappa shape index (κ3) is 5.04. The van der Waals surface area contributed by atoms with E-state index in [0.717, 1.165) is 54.8 Å². The first-order valence-corrected chi connectivity index (χ1v) is 15.4. The van der Waals surface area contributed by atoms with E-state index in [2.05, 4.69) is 61.2 Å². The van der Waals surface area contributed by atoms with Crippen molar-refractivity contribution in [1.29, 1.82) is 0 Å². The number of fused-ring (bicyclic) bond motifs is 2. The number of hydrogen-bond acceptors (Lipinski definition) is 7. The van der Waals surface area contributed by atoms with E-state index in [0.29, 0.717) is 35.2 Å². The zero-order valence-electron chi connectivity index (χ0n) is 26.1. The van der Waals surface area contributed by atoms with E-state index in [9.17, 15) is 5.11 Å². The van der Waals surface area contributed by atoms with Gasteiger partial charge in [0.2, 0.25) is 5.75 Å². The average Bonchev–Trinajstić information content (AvgIpc) is 3.02. The van der Waals surface area contributed by atoms with Crippen LogP contribution in [-0.2, 0) is 25.7 Å². The summed E-state index contributed by atoms with van der Waals surface area (Å²) in [6, 6.07) is 20.7. The molecule has 2 atom stereocenters. The van der Waals surface area contributed by atoms with E-state index in [1.807, 2.05) is 24.3 Å². The largest absolute Gasteiger partial charge is 0.504 e. The molecule has 0 fully saturated rings. The maximum absolute atomic E-state index is 10.7. The highest BCUT2D eigenvalue weighted by atomic mass is 16.5. The molecule has 4 aromatic carbocycles. The lowest BCUT2D eigenvalue weighted by Gasteiger charge is -2.37. The number of hydrogen-bond donors (Lipinski definition) is 1. The number of rotatable bonds is 2. The summed E-state index contributed by atoms with van der Waals surface area (Å²) >= 11 is 0. The van der Waals surface area contributed by atoms with Gasteiger partial charge >= 0.3 is 0 Å². The predicted octanol–water partition coefficient (Wildman–Crippen LogP) is 7.16. The Morgan fingerprint density at radius 2 is 1.45 bits per heavy atom. The van der Waals surface area contributed by atoms with Crippen LogP contribution in [0.3, 0.4) is 0 Å². The van der Waals surface area contributed by atoms with Crippen LogP contribution in [-0.4, -0.2) is 56.3 Å². The number of nitrogens with zero attached hydrogens (tertiary/aromatic N) is 2. The highest BCUT2D eigenvalue weighted by Crippen LogP contribution is 2.51. The second-order valence-corrected chi connectivity index (χ2v) is 12.4. The lowest BCUT2D eigenvalue weighted by Crippen LogP contribution is -2.34. The molecule has 44 heavy (non-hydrogen) atoms. The predicted molar refractivity (Wildman–Crippen MR) is 171 cm³/mol. The van der Waals surface area contributed by atoms with E-state index in [1.54, 1.807) is 20.3 Å². The van der Waals surface area contributed by atoms with Crippen molar-refractivity contribution in [2.45, 2.75) is 44.7 Å². The van der Waals surface area contributed by atoms with Crippen LogP contribution in [0.5, 0.6) is 40.2 Å². The molecule has 7 heteroatoms. The molecule has 4 aliphatic heterocycles. The van der Waals surface area contributed by atoms with Crippen molar-refractivity contribution in [2.24, 2.45) is 0 Å². The molecule has 4 heterocycles. The number of methoxy groups -OCH3 is 2. The van der Waals surface area contributed by atoms with Gasteiger partial charge in [0.1, 0.15) is 11.5 Å². The molecule has 4 aliphatic rings. The van der Waals surface area contributed by atoms with Gasteiger partial charge in [0.15, 0.2) is 23.0 Å². The van der Waals surface area contributed by atoms with E-state index in [1.165, 1.54) is 22.3 Å². The molecular weight excluding hydrogens is 552 g/mol. The molecule has 0 amide bonds. The number of ether oxygens (including phenoxy) is 4. The van der Waals surface area contributed by atoms with Crippen molar-refractivity contribution in [3.05, 3.63) is 99.6 Å². The summed E-state index contributed by atoms with van der Waals surface area (Å²) in [6.07, 6.45) is 3.43. The summed E-state index contributed by atoms with van der Waals surface area (Å²) in [5, 5.41) is 10.7. The summed E-state index contributed by atoms with van der Waals surface area (Å²) in [5.74, 6) is 4.07. The maximum Gasteiger partial charge on any atom is 0.204 e. The molecule has 1 N–H and O–H groups in total. The van der Waals surface area contributed by atoms with Crippen molar-refractivity contribution in [2.75, 3.05) is 41.4 Å². The topological polar surface area (TPSA) is 63.6 Å². The van der Waals surface area contributed by atoms with Gasteiger partial charge in [0.05, 0.1) is 14.2 Å². The third-order valence-electron chi connectivity index (χ3n) is 9.66. The maximum atomic E-state index is 10.7. The number of benzene rings is 4. The fourth-order valence-corrected chi connectivity index (χ4v) is 7.13. The summed E-state index contributed by atoms with van der Waals surface area (Å²) in [5.41, 5.74) is 8.34. The summed E-state index contributed by atoms with van der Waals surface area (Å²) < 4.78 is 25.1. The first-order valence-electron chi connectivity index (χ1n) is 15.4. The third-order valence-corrected chi connectivity index (χ3v) is 9.66. The van der Waals surface area contributed by atoms with E-state index < -0.39 is 0 Å². The quantitative estimate of drug-likeness (QED) is 0.265. The molecule has 8 rings (SSSR count). The van der Waals surface area contributed by atoms with Gasteiger partial charge in [0, 0.05) is 30.7 Å². The Hall–Kier alpha value is -4.20. The van der Waals surface area contributed by atoms with E-state index in [4.69, 9.17) is 18.9 Å². The van der Waals surface area contributed by atoms with Crippen LogP contribution in [0.4, 0.5) is 0 Å². The van der Waals surface area contributed by atoms with Crippen molar-refractivity contribution in [3.8, 4) is 40.2 Å². The van der Waals surface area contributed by atoms with Crippen molar-refractivity contribution < 1.29 is 24.1 Å². The molecular formula is C37H40N2O5. The van der Waals surface area contributed by atoms with Gasteiger partial charge in [-0.15, -0.1) is 0 Å². The minimum Gasteiger partial charge on any atom is -0.504 e. The molecule has 7 nitrogen and oxygen atoms in total. The summed E-state index contributed by atoms with van der Waals surface area (Å²) in [4.78, 5) is 4.81. The normalized spacial score (nSPS) is 19.7. The van der Waals surface area contributed by atoms with Crippen LogP contribution in [0.2, 0.25) is 0 Å². The average molecular weight is 593 g/mol. The van der Waals surface area contributed by atoms with Gasteiger partial charge in [-0.1, -0.05) is 24.3 Å². The van der Waals surface area contributed by atoms with E-state index >= 15 is 0 Å². The molecule has 0 radical (unpaired) electrons. The number of phenols is 1. The summed E-state index contributed by atoms with van der Waals surface area (Å²) in [6.45, 7) is 4.03. The molecule has 0 unspecified atom stereocenters. The fourth-order valence-electron chi connectivity index (χ4n) is 7.13. The SMILES string of the molecule is COc1cc2c3c(c1OC)Oc1cc4c(cc1C)CCN(C)[C@H]4Cc1ccc(cc1)Oc1cc(ccc1O)C[C@@H]3N(C)CC2. The molecule has 0 spiro atoms. The Labute approximate surface area is 259 Å². The van der Waals surface area contributed by atoms with Crippen molar-refractivity contribution in [1.82, 2.24) is 9.80 Å². The Balaban J connectivity index is 1.46. The minimum atomic E-state index is 0.000862. The molecule has 0 aromatic heterocycles. The lowest BCUT2D eigenvalue weighted by molar-refractivity contribution is 0.221. The monoisotopic (exact) mass is 592 g/mol. The lowest BCUT2D eigenvalue weighted by atomic mass is 9.87. The van der Waals surface area contributed by atoms with Crippen molar-refractivity contribution >= 4 is 0 Å². The number of aromatic hydroxyl groups is 1. The smallest absolute Gasteiger partial charge is 0.204 e. The van der Waals surface area contributed by atoms with E-state index in [-0.39, 0.29) is 17.8 Å². The Morgan fingerprint density at radius 1 is 0.750 bits per heavy atom. The highest BCUT2D eigenvalue weighted by Gasteiger charge is 2.34. The van der Waals surface area contributed by atoms with Gasteiger partial charge < -0.3 is 24.1 Å². The highest BCUT2D eigenvalue weighted by molar-refractivity contribution is 5.63. The van der Waals surface area contributed by atoms with Crippen LogP contribution in [0.15, 0.2) is 60.7 Å². The minimum absolute atomic E-state index is 0.000862. The number of phenolic OH excluding ortho intramolecular Hbond substituents is 1. The van der Waals surface area contributed by atoms with Gasteiger partial charge in [-0.25, -0.2) is 0 Å². The molecule has 6 bridgehead atoms. The Bertz CT molecular complexity index is 1720. The second kappa shape index (κ2) is 11.4. The molecule has 4 aromatic rings. The molecule has 0 saturated heterocycles. The van der Waals surface area contributed by atoms with Gasteiger partial charge in [-0.2, -0.15) is 0 Å². The Morgan fingerprint density at radius 3 is 2.20 bits per heavy atom. The van der Waals surface area contributed by atoms with Crippen LogP contribution in [0.1, 0.15) is 51.0 Å². The first kappa shape index (κ1) is 28.6. The standard InChI is InChI=1S/C37H40N2O5/c1-22-16-25-12-14-38(2)29-17-23-6-9-27(10-7-23)43-33-19-24(8-11-31(33)40)18-30-35-26(13-15-39(30)3)20-34(41-4)36(42-5)37(35)44-32(22)21-28(25)29/h6-11,16,19-21,29-30,40H,12-15,17-18H2,1-5H3/t29-,30-/m0/s1. The second-order valence-electron chi connectivity index (χ2n) is 12.4. The number of likely N-dealkylation sites (N-methyl/N-ethyl adjacent to an activating group) is 2. The first-order chi connectivity index (χ1) is 21.3. The van der Waals surface area contributed by atoms with Crippen molar-refractivity contribution in [3.63, 3.8) is 0 Å². The van der Waals surface area contributed by atoms with Gasteiger partial charge in [-0.05, 0) is 116 Å². The van der Waals surface area contributed by atoms with Gasteiger partial charge in [0.25, 0.3) is 0 Å². The van der Waals surface area contributed by atoms with Gasteiger partial charge in [-0.3, -0.25) is 9.80 Å². The summed E-state index contributed by atoms with van der Waals surface area (Å²) in [7, 11) is 7.72. The molecule has 228 valence electrons. The van der Waals surface area contributed by atoms with Crippen LogP contribution in [0, 0.1) is 6.92 Å². The zero-order chi connectivity index (χ0) is 30.5. The Kier molecular flexibility index (Phi) is 7.39. The molecule has 0 saturated carbocycles. The van der Waals surface area contributed by atoms with Crippen LogP contribution in [0.25, 0.3) is 0 Å². The number of aryl methyl sites for hydroxylation is 1. The fraction of sp³-hybridized carbons (Fsp3) is 0.351. The molecule has 0 aliphatic carbocycles.